The Morgan fingerprint density at radius 3 is 2.92 bits per heavy atom. The van der Waals surface area contributed by atoms with Gasteiger partial charge in [-0.1, -0.05) is 17.7 Å². The number of hydrogen-bond donors (Lipinski definition) is 1. The molecule has 2 aromatic rings. The second-order valence-electron chi connectivity index (χ2n) is 5.46. The molecule has 7 nitrogen and oxygen atoms in total. The highest BCUT2D eigenvalue weighted by atomic mass is 35.5. The first-order valence-corrected chi connectivity index (χ1v) is 9.17. The summed E-state index contributed by atoms with van der Waals surface area (Å²) >= 11 is 6.00. The second-order valence-corrected chi connectivity index (χ2v) is 7.72. The van der Waals surface area contributed by atoms with Crippen LogP contribution in [0.1, 0.15) is 17.4 Å². The van der Waals surface area contributed by atoms with Crippen LogP contribution in [0.4, 0.5) is 0 Å². The number of halogens is 1. The van der Waals surface area contributed by atoms with Gasteiger partial charge in [0.25, 0.3) is 0 Å². The van der Waals surface area contributed by atoms with Crippen LogP contribution in [0.2, 0.25) is 5.02 Å². The second kappa shape index (κ2) is 6.53. The van der Waals surface area contributed by atoms with Gasteiger partial charge in [0.15, 0.2) is 0 Å². The number of nitrogens with one attached hydrogen (secondary N) is 1. The molecule has 3 rings (SSSR count). The molecule has 1 aliphatic heterocycles. The number of sulfonamides is 1. The number of benzene rings is 1. The lowest BCUT2D eigenvalue weighted by molar-refractivity contribution is 0.258. The third-order valence-electron chi connectivity index (χ3n) is 4.02. The smallest absolute Gasteiger partial charge is 0.245 e. The van der Waals surface area contributed by atoms with E-state index in [4.69, 9.17) is 11.6 Å². The molecule has 0 aliphatic carbocycles. The van der Waals surface area contributed by atoms with Crippen molar-refractivity contribution in [2.24, 2.45) is 7.05 Å². The third-order valence-corrected chi connectivity index (χ3v) is 6.29. The average Bonchev–Trinajstić information content (AvgIpc) is 3.00. The van der Waals surface area contributed by atoms with Gasteiger partial charge in [-0.3, -0.25) is 0 Å². The average molecular weight is 366 g/mol. The van der Waals surface area contributed by atoms with Crippen molar-refractivity contribution in [1.29, 1.82) is 5.26 Å². The Labute approximate surface area is 145 Å². The van der Waals surface area contributed by atoms with Crippen LogP contribution in [0.15, 0.2) is 35.5 Å². The lowest BCUT2D eigenvalue weighted by Gasteiger charge is -2.34. The van der Waals surface area contributed by atoms with Crippen LogP contribution in [0.3, 0.4) is 0 Å². The molecule has 0 spiro atoms. The minimum Gasteiger partial charge on any atom is -0.337 e. The van der Waals surface area contributed by atoms with Crippen LogP contribution in [0.5, 0.6) is 0 Å². The Balaban J connectivity index is 2.10. The van der Waals surface area contributed by atoms with E-state index in [0.29, 0.717) is 18.9 Å². The number of aryl methyl sites for hydroxylation is 1. The van der Waals surface area contributed by atoms with Crippen molar-refractivity contribution in [3.05, 3.63) is 47.0 Å². The fourth-order valence-corrected chi connectivity index (χ4v) is 4.87. The maximum absolute atomic E-state index is 13.2. The first-order valence-electron chi connectivity index (χ1n) is 7.35. The number of nitriles is 1. The normalized spacial score (nSPS) is 19.1. The van der Waals surface area contributed by atoms with Gasteiger partial charge in [-0.05, 0) is 12.1 Å². The summed E-state index contributed by atoms with van der Waals surface area (Å²) in [6.07, 6.45) is 3.41. The Bertz CT molecular complexity index is 903. The van der Waals surface area contributed by atoms with Crippen molar-refractivity contribution in [2.75, 3.05) is 19.6 Å². The van der Waals surface area contributed by atoms with E-state index in [-0.39, 0.29) is 22.0 Å². The van der Waals surface area contributed by atoms with Gasteiger partial charge < -0.3 is 9.88 Å². The summed E-state index contributed by atoms with van der Waals surface area (Å²) in [4.78, 5) is 4.21. The van der Waals surface area contributed by atoms with Gasteiger partial charge in [0.2, 0.25) is 10.0 Å². The van der Waals surface area contributed by atoms with E-state index in [0.717, 1.165) is 0 Å². The number of imidazole rings is 1. The van der Waals surface area contributed by atoms with Crippen molar-refractivity contribution >= 4 is 21.6 Å². The van der Waals surface area contributed by atoms with E-state index in [9.17, 15) is 13.7 Å². The van der Waals surface area contributed by atoms with Crippen molar-refractivity contribution < 1.29 is 8.42 Å². The highest BCUT2D eigenvalue weighted by molar-refractivity contribution is 7.89. The maximum Gasteiger partial charge on any atom is 0.245 e. The van der Waals surface area contributed by atoms with Gasteiger partial charge in [-0.15, -0.1) is 0 Å². The van der Waals surface area contributed by atoms with Crippen molar-refractivity contribution in [2.45, 2.75) is 10.9 Å². The predicted molar refractivity (Wildman–Crippen MR) is 88.9 cm³/mol. The first kappa shape index (κ1) is 16.9. The number of aromatic nitrogens is 2. The minimum absolute atomic E-state index is 0.0312. The number of rotatable bonds is 3. The van der Waals surface area contributed by atoms with Gasteiger partial charge in [0.1, 0.15) is 16.8 Å². The first-order chi connectivity index (χ1) is 11.5. The molecule has 0 bridgehead atoms. The van der Waals surface area contributed by atoms with Gasteiger partial charge in [0, 0.05) is 39.1 Å². The Morgan fingerprint density at radius 2 is 2.25 bits per heavy atom. The molecule has 1 aromatic heterocycles. The minimum atomic E-state index is -3.89. The van der Waals surface area contributed by atoms with Crippen LogP contribution < -0.4 is 5.32 Å². The lowest BCUT2D eigenvalue weighted by atomic mass is 10.2. The zero-order chi connectivity index (χ0) is 17.3. The molecular formula is C15H16ClN5O2S. The summed E-state index contributed by atoms with van der Waals surface area (Å²) < 4.78 is 29.6. The number of nitrogens with zero attached hydrogens (tertiary/aromatic N) is 4. The van der Waals surface area contributed by atoms with Crippen LogP contribution in [-0.2, 0) is 17.1 Å². The summed E-state index contributed by atoms with van der Waals surface area (Å²) in [6.45, 7) is 1.27. The monoisotopic (exact) mass is 365 g/mol. The molecule has 2 heterocycles. The Hall–Kier alpha value is -1.92. The van der Waals surface area contributed by atoms with Crippen LogP contribution in [0.25, 0.3) is 0 Å². The fourth-order valence-electron chi connectivity index (χ4n) is 2.85. The van der Waals surface area contributed by atoms with Crippen LogP contribution in [-0.4, -0.2) is 41.9 Å². The zero-order valence-corrected chi connectivity index (χ0v) is 14.5. The molecule has 1 fully saturated rings. The third kappa shape index (κ3) is 2.80. The summed E-state index contributed by atoms with van der Waals surface area (Å²) in [5, 5.41) is 12.6. The molecule has 1 aliphatic rings. The summed E-state index contributed by atoms with van der Waals surface area (Å²) in [5.74, 6) is 0.645. The maximum atomic E-state index is 13.2. The molecule has 9 heteroatoms. The predicted octanol–water partition coefficient (Wildman–Crippen LogP) is 1.28. The molecule has 126 valence electrons. The van der Waals surface area contributed by atoms with E-state index in [1.165, 1.54) is 22.5 Å². The van der Waals surface area contributed by atoms with Crippen molar-refractivity contribution in [1.82, 2.24) is 19.2 Å². The molecule has 1 aromatic carbocycles. The Kier molecular flexibility index (Phi) is 4.60. The molecule has 1 atom stereocenters. The molecule has 24 heavy (non-hydrogen) atoms. The molecule has 0 amide bonds. The molecule has 0 saturated carbocycles. The SMILES string of the molecule is Cn1ccnc1C1CNCCN1S(=O)(=O)c1cccc(Cl)c1C#N. The van der Waals surface area contributed by atoms with Gasteiger partial charge in [-0.2, -0.15) is 9.57 Å². The van der Waals surface area contributed by atoms with Crippen LogP contribution in [0, 0.1) is 11.3 Å². The highest BCUT2D eigenvalue weighted by Gasteiger charge is 2.37. The molecule has 1 unspecified atom stereocenters. The van der Waals surface area contributed by atoms with Gasteiger partial charge in [-0.25, -0.2) is 13.4 Å². The number of hydrogen-bond acceptors (Lipinski definition) is 5. The van der Waals surface area contributed by atoms with E-state index >= 15 is 0 Å². The lowest BCUT2D eigenvalue weighted by Crippen LogP contribution is -2.49. The number of piperazine rings is 1. The van der Waals surface area contributed by atoms with Crippen LogP contribution >= 0.6 is 11.6 Å². The van der Waals surface area contributed by atoms with E-state index in [1.54, 1.807) is 17.0 Å². The molecule has 1 saturated heterocycles. The summed E-state index contributed by atoms with van der Waals surface area (Å²) in [7, 11) is -2.06. The van der Waals surface area contributed by atoms with E-state index in [1.807, 2.05) is 13.1 Å². The Morgan fingerprint density at radius 1 is 1.46 bits per heavy atom. The zero-order valence-electron chi connectivity index (χ0n) is 13.0. The largest absolute Gasteiger partial charge is 0.337 e. The molecule has 0 radical (unpaired) electrons. The standard InChI is InChI=1S/C15H16ClN5O2S/c1-20-7-6-19-15(20)13-10-18-5-8-21(13)24(22,23)14-4-2-3-12(16)11(14)9-17/h2-4,6-7,13,18H,5,8,10H2,1H3. The van der Waals surface area contributed by atoms with Crippen molar-refractivity contribution in [3.63, 3.8) is 0 Å². The van der Waals surface area contributed by atoms with E-state index in [2.05, 4.69) is 10.3 Å². The van der Waals surface area contributed by atoms with Gasteiger partial charge in [0.05, 0.1) is 16.6 Å². The highest BCUT2D eigenvalue weighted by Crippen LogP contribution is 2.31. The summed E-state index contributed by atoms with van der Waals surface area (Å²) in [6, 6.07) is 5.90. The van der Waals surface area contributed by atoms with Crippen molar-refractivity contribution in [3.8, 4) is 6.07 Å². The molecular weight excluding hydrogens is 350 g/mol. The van der Waals surface area contributed by atoms with Gasteiger partial charge >= 0.3 is 0 Å². The quantitative estimate of drug-likeness (QED) is 0.884. The topological polar surface area (TPSA) is 91.0 Å². The molecule has 1 N–H and O–H groups in total. The fraction of sp³-hybridized carbons (Fsp3) is 0.333. The van der Waals surface area contributed by atoms with E-state index < -0.39 is 16.1 Å². The summed E-state index contributed by atoms with van der Waals surface area (Å²) in [5.41, 5.74) is -0.0312.